The Hall–Kier alpha value is -1.37. The van der Waals surface area contributed by atoms with Crippen molar-refractivity contribution < 1.29 is 19.8 Å². The first kappa shape index (κ1) is 9.72. The van der Waals surface area contributed by atoms with Gasteiger partial charge in [0.15, 0.2) is 4.73 Å². The Labute approximate surface area is 80.9 Å². The van der Waals surface area contributed by atoms with Gasteiger partial charge in [0.05, 0.1) is 17.6 Å². The van der Waals surface area contributed by atoms with Gasteiger partial charge in [0.25, 0.3) is 0 Å². The molecule has 0 aliphatic carbocycles. The van der Waals surface area contributed by atoms with Gasteiger partial charge in [-0.25, -0.2) is 4.98 Å². The molecule has 6 nitrogen and oxygen atoms in total. The summed E-state index contributed by atoms with van der Waals surface area (Å²) in [7, 11) is 1.34. The number of hydrogen-bond donors (Lipinski definition) is 0. The molecule has 0 N–H and O–H groups in total. The number of carboxylic acids is 2. The summed E-state index contributed by atoms with van der Waals surface area (Å²) < 4.78 is 1.13. The standard InChI is InChI=1S/C6H5BrN2O4/c1-9-3(5(12)13)2(4(10)11)8-6(9)7/h1H3,(H,10,11)(H,12,13)/p-2. The van der Waals surface area contributed by atoms with E-state index in [4.69, 9.17) is 0 Å². The molecule has 0 saturated heterocycles. The van der Waals surface area contributed by atoms with Gasteiger partial charge in [-0.15, -0.1) is 0 Å². The van der Waals surface area contributed by atoms with E-state index in [-0.39, 0.29) is 4.73 Å². The van der Waals surface area contributed by atoms with Gasteiger partial charge in [-0.2, -0.15) is 0 Å². The maximum atomic E-state index is 10.5. The fourth-order valence-corrected chi connectivity index (χ4v) is 1.20. The molecule has 13 heavy (non-hydrogen) atoms. The van der Waals surface area contributed by atoms with Gasteiger partial charge in [0, 0.05) is 7.05 Å². The van der Waals surface area contributed by atoms with Gasteiger partial charge in [0.2, 0.25) is 0 Å². The first-order valence-corrected chi connectivity index (χ1v) is 3.89. The van der Waals surface area contributed by atoms with Gasteiger partial charge in [-0.05, 0) is 15.9 Å². The molecule has 0 atom stereocenters. The molecule has 0 radical (unpaired) electrons. The van der Waals surface area contributed by atoms with Crippen molar-refractivity contribution in [3.63, 3.8) is 0 Å². The summed E-state index contributed by atoms with van der Waals surface area (Å²) in [5, 5.41) is 20.9. The third kappa shape index (κ3) is 1.55. The molecule has 1 aromatic heterocycles. The molecule has 0 spiro atoms. The van der Waals surface area contributed by atoms with Crippen LogP contribution < -0.4 is 10.2 Å². The van der Waals surface area contributed by atoms with Crippen molar-refractivity contribution in [1.82, 2.24) is 9.55 Å². The SMILES string of the molecule is Cn1c(Br)nc(C(=O)[O-])c1C(=O)[O-]. The Bertz CT molecular complexity index is 384. The lowest BCUT2D eigenvalue weighted by molar-refractivity contribution is -0.260. The number of aromatic carboxylic acids is 2. The lowest BCUT2D eigenvalue weighted by Crippen LogP contribution is -2.31. The molecule has 0 aliphatic heterocycles. The van der Waals surface area contributed by atoms with Gasteiger partial charge in [-0.1, -0.05) is 0 Å². The molecule has 0 aromatic carbocycles. The van der Waals surface area contributed by atoms with E-state index < -0.39 is 23.3 Å². The highest BCUT2D eigenvalue weighted by Crippen LogP contribution is 2.13. The number of carboxylic acid groups (broad SMARTS) is 2. The summed E-state index contributed by atoms with van der Waals surface area (Å²) in [5.41, 5.74) is -1.17. The fourth-order valence-electron chi connectivity index (χ4n) is 0.847. The maximum absolute atomic E-state index is 10.5. The number of rotatable bonds is 2. The molecule has 1 rings (SSSR count). The number of nitrogens with zero attached hydrogens (tertiary/aromatic N) is 2. The minimum atomic E-state index is -1.65. The number of carbonyl (C=O) groups is 2. The fraction of sp³-hybridized carbons (Fsp3) is 0.167. The first-order valence-electron chi connectivity index (χ1n) is 3.10. The zero-order chi connectivity index (χ0) is 10.2. The van der Waals surface area contributed by atoms with E-state index in [1.54, 1.807) is 0 Å². The highest BCUT2D eigenvalue weighted by atomic mass is 79.9. The Kier molecular flexibility index (Phi) is 2.37. The highest BCUT2D eigenvalue weighted by molar-refractivity contribution is 9.10. The van der Waals surface area contributed by atoms with Crippen LogP contribution in [0, 0.1) is 0 Å². The van der Waals surface area contributed by atoms with E-state index in [9.17, 15) is 19.8 Å². The molecule has 0 saturated carbocycles. The van der Waals surface area contributed by atoms with Crippen LogP contribution in [0.15, 0.2) is 4.73 Å². The zero-order valence-corrected chi connectivity index (χ0v) is 7.99. The number of carbonyl (C=O) groups excluding carboxylic acids is 2. The third-order valence-electron chi connectivity index (χ3n) is 1.43. The van der Waals surface area contributed by atoms with Gasteiger partial charge in [0.1, 0.15) is 5.69 Å². The summed E-state index contributed by atoms with van der Waals surface area (Å²) in [6.45, 7) is 0. The van der Waals surface area contributed by atoms with Crippen molar-refractivity contribution in [2.75, 3.05) is 0 Å². The van der Waals surface area contributed by atoms with Crippen molar-refractivity contribution in [3.05, 3.63) is 16.1 Å². The smallest absolute Gasteiger partial charge is 0.177 e. The molecule has 0 fully saturated rings. The second-order valence-electron chi connectivity index (χ2n) is 2.21. The van der Waals surface area contributed by atoms with Crippen LogP contribution in [0.3, 0.4) is 0 Å². The van der Waals surface area contributed by atoms with Crippen LogP contribution in [-0.4, -0.2) is 21.5 Å². The summed E-state index contributed by atoms with van der Waals surface area (Å²) in [5.74, 6) is -3.26. The van der Waals surface area contributed by atoms with Gasteiger partial charge in [-0.3, -0.25) is 0 Å². The summed E-state index contributed by atoms with van der Waals surface area (Å²) in [6.07, 6.45) is 0. The second-order valence-corrected chi connectivity index (χ2v) is 2.92. The largest absolute Gasteiger partial charge is 0.543 e. The van der Waals surface area contributed by atoms with Crippen LogP contribution in [0.5, 0.6) is 0 Å². The number of halogens is 1. The molecule has 0 unspecified atom stereocenters. The van der Waals surface area contributed by atoms with Crippen LogP contribution in [0.4, 0.5) is 0 Å². The number of imidazole rings is 1. The molecular formula is C6H3BrN2O4-2. The molecular weight excluding hydrogens is 244 g/mol. The van der Waals surface area contributed by atoms with Crippen molar-refractivity contribution in [3.8, 4) is 0 Å². The lowest BCUT2D eigenvalue weighted by Gasteiger charge is -2.06. The number of hydrogen-bond acceptors (Lipinski definition) is 5. The monoisotopic (exact) mass is 246 g/mol. The predicted molar refractivity (Wildman–Crippen MR) is 39.6 cm³/mol. The average Bonchev–Trinajstić information content (AvgIpc) is 2.28. The predicted octanol–water partition coefficient (Wildman–Crippen LogP) is -2.09. The van der Waals surface area contributed by atoms with E-state index in [2.05, 4.69) is 20.9 Å². The van der Waals surface area contributed by atoms with Crippen molar-refractivity contribution in [2.45, 2.75) is 0 Å². The molecule has 1 aromatic rings. The number of aromatic nitrogens is 2. The van der Waals surface area contributed by atoms with Crippen LogP contribution in [0.25, 0.3) is 0 Å². The van der Waals surface area contributed by atoms with Crippen molar-refractivity contribution >= 4 is 27.9 Å². The normalized spacial score (nSPS) is 10.0. The van der Waals surface area contributed by atoms with Crippen LogP contribution >= 0.6 is 15.9 Å². The molecule has 0 bridgehead atoms. The quantitative estimate of drug-likeness (QED) is 0.596. The summed E-state index contributed by atoms with van der Waals surface area (Å²) >= 11 is 2.87. The second kappa shape index (κ2) is 3.17. The molecule has 0 aliphatic rings. The summed E-state index contributed by atoms with van der Waals surface area (Å²) in [6, 6.07) is 0. The maximum Gasteiger partial charge on any atom is 0.177 e. The van der Waals surface area contributed by atoms with Crippen LogP contribution in [0.2, 0.25) is 0 Å². The summed E-state index contributed by atoms with van der Waals surface area (Å²) in [4.78, 5) is 24.3. The van der Waals surface area contributed by atoms with E-state index in [1.807, 2.05) is 0 Å². The Morgan fingerprint density at radius 2 is 1.92 bits per heavy atom. The van der Waals surface area contributed by atoms with E-state index in [0.717, 1.165) is 4.57 Å². The van der Waals surface area contributed by atoms with Crippen LogP contribution in [-0.2, 0) is 7.05 Å². The van der Waals surface area contributed by atoms with Crippen LogP contribution in [0.1, 0.15) is 21.0 Å². The topological polar surface area (TPSA) is 98.1 Å². The van der Waals surface area contributed by atoms with Crippen molar-refractivity contribution in [2.24, 2.45) is 7.05 Å². The van der Waals surface area contributed by atoms with Crippen molar-refractivity contribution in [1.29, 1.82) is 0 Å². The lowest BCUT2D eigenvalue weighted by atomic mass is 10.3. The Balaban J connectivity index is 3.44. The first-order chi connectivity index (χ1) is 5.95. The van der Waals surface area contributed by atoms with E-state index in [0.29, 0.717) is 0 Å². The van der Waals surface area contributed by atoms with Gasteiger partial charge < -0.3 is 24.4 Å². The minimum Gasteiger partial charge on any atom is -0.543 e. The molecule has 70 valence electrons. The Morgan fingerprint density at radius 1 is 1.38 bits per heavy atom. The van der Waals surface area contributed by atoms with Gasteiger partial charge >= 0.3 is 0 Å². The average molecular weight is 247 g/mol. The minimum absolute atomic E-state index is 0.0888. The highest BCUT2D eigenvalue weighted by Gasteiger charge is 2.14. The van der Waals surface area contributed by atoms with E-state index >= 15 is 0 Å². The molecule has 1 heterocycles. The Morgan fingerprint density at radius 3 is 2.23 bits per heavy atom. The molecule has 0 amide bonds. The van der Waals surface area contributed by atoms with E-state index in [1.165, 1.54) is 7.05 Å². The molecule has 7 heteroatoms. The third-order valence-corrected chi connectivity index (χ3v) is 2.14. The zero-order valence-electron chi connectivity index (χ0n) is 6.41.